The van der Waals surface area contributed by atoms with Crippen LogP contribution in [0.1, 0.15) is 26.2 Å². The molecule has 0 bridgehead atoms. The number of halogens is 1. The topological polar surface area (TPSA) is 55.6 Å². The molecule has 0 aliphatic carbocycles. The van der Waals surface area contributed by atoms with Gasteiger partial charge in [0.05, 0.1) is 18.1 Å². The lowest BCUT2D eigenvalue weighted by Gasteiger charge is -2.36. The Hall–Kier alpha value is -1.26. The minimum Gasteiger partial charge on any atom is -0.491 e. The number of likely N-dealkylation sites (tertiary alicyclic amines) is 1. The lowest BCUT2D eigenvalue weighted by atomic mass is 9.99. The van der Waals surface area contributed by atoms with Crippen molar-refractivity contribution >= 4 is 17.5 Å². The summed E-state index contributed by atoms with van der Waals surface area (Å²) in [4.78, 5) is 14.1. The number of amides is 1. The largest absolute Gasteiger partial charge is 0.491 e. The molecule has 1 fully saturated rings. The number of carbonyl (C=O) groups is 1. The van der Waals surface area contributed by atoms with Gasteiger partial charge in [-0.2, -0.15) is 0 Å². The fourth-order valence-corrected chi connectivity index (χ4v) is 2.72. The number of para-hydroxylation sites is 1. The summed E-state index contributed by atoms with van der Waals surface area (Å²) in [5.74, 6) is 0.743. The van der Waals surface area contributed by atoms with Gasteiger partial charge in [-0.25, -0.2) is 0 Å². The third-order valence-electron chi connectivity index (χ3n) is 3.65. The molecule has 0 saturated carbocycles. The molecule has 1 heterocycles. The van der Waals surface area contributed by atoms with E-state index in [0.717, 1.165) is 19.4 Å². The highest BCUT2D eigenvalue weighted by atomic mass is 35.5. The van der Waals surface area contributed by atoms with Crippen LogP contribution in [0, 0.1) is 0 Å². The highest BCUT2D eigenvalue weighted by Gasteiger charge is 2.26. The first-order valence-corrected chi connectivity index (χ1v) is 7.38. The Labute approximate surface area is 124 Å². The van der Waals surface area contributed by atoms with Crippen molar-refractivity contribution in [1.82, 2.24) is 4.90 Å². The van der Waals surface area contributed by atoms with Crippen LogP contribution in [-0.4, -0.2) is 36.0 Å². The number of nitrogens with zero attached hydrogens (tertiary/aromatic N) is 1. The number of hydrogen-bond donors (Lipinski definition) is 1. The first-order valence-electron chi connectivity index (χ1n) is 7.00. The van der Waals surface area contributed by atoms with E-state index < -0.39 is 0 Å². The molecule has 110 valence electrons. The second kappa shape index (κ2) is 6.95. The Morgan fingerprint density at radius 1 is 1.50 bits per heavy atom. The quantitative estimate of drug-likeness (QED) is 0.928. The fraction of sp³-hybridized carbons (Fsp3) is 0.533. The molecule has 20 heavy (non-hydrogen) atoms. The van der Waals surface area contributed by atoms with E-state index in [1.807, 2.05) is 24.0 Å². The minimum absolute atomic E-state index is 0.122. The van der Waals surface area contributed by atoms with Crippen LogP contribution in [0.25, 0.3) is 0 Å². The van der Waals surface area contributed by atoms with Crippen LogP contribution < -0.4 is 10.5 Å². The standard InChI is InChI=1S/C15H21ClN2O2/c1-11-10-12(17)6-8-18(11)15(19)7-9-20-14-5-3-2-4-13(14)16/h2-5,11-12H,6-10,17H2,1H3/t11-,12-/m1/s1. The molecule has 1 saturated heterocycles. The van der Waals surface area contributed by atoms with Crippen LogP contribution in [0.5, 0.6) is 5.75 Å². The van der Waals surface area contributed by atoms with Gasteiger partial charge in [0.25, 0.3) is 0 Å². The van der Waals surface area contributed by atoms with Gasteiger partial charge >= 0.3 is 0 Å². The molecule has 1 aliphatic rings. The summed E-state index contributed by atoms with van der Waals surface area (Å²) in [7, 11) is 0. The molecule has 0 spiro atoms. The molecule has 5 heteroatoms. The van der Waals surface area contributed by atoms with Gasteiger partial charge in [0.2, 0.25) is 5.91 Å². The molecule has 0 aromatic heterocycles. The Morgan fingerprint density at radius 3 is 2.95 bits per heavy atom. The van der Waals surface area contributed by atoms with Crippen molar-refractivity contribution < 1.29 is 9.53 Å². The van der Waals surface area contributed by atoms with Gasteiger partial charge in [-0.15, -0.1) is 0 Å². The fourth-order valence-electron chi connectivity index (χ4n) is 2.53. The van der Waals surface area contributed by atoms with Crippen LogP contribution in [0.4, 0.5) is 0 Å². The van der Waals surface area contributed by atoms with Crippen LogP contribution in [0.3, 0.4) is 0 Å². The molecule has 0 radical (unpaired) electrons. The molecule has 2 rings (SSSR count). The second-order valence-electron chi connectivity index (χ2n) is 5.25. The average Bonchev–Trinajstić information content (AvgIpc) is 2.40. The highest BCUT2D eigenvalue weighted by Crippen LogP contribution is 2.23. The SMILES string of the molecule is C[C@@H]1C[C@H](N)CCN1C(=O)CCOc1ccccc1Cl. The predicted molar refractivity (Wildman–Crippen MR) is 79.9 cm³/mol. The summed E-state index contributed by atoms with van der Waals surface area (Å²) in [6.45, 7) is 3.14. The zero-order valence-electron chi connectivity index (χ0n) is 11.7. The Morgan fingerprint density at radius 2 is 2.25 bits per heavy atom. The van der Waals surface area contributed by atoms with E-state index in [-0.39, 0.29) is 18.0 Å². The molecule has 4 nitrogen and oxygen atoms in total. The van der Waals surface area contributed by atoms with E-state index >= 15 is 0 Å². The van der Waals surface area contributed by atoms with Crippen LogP contribution >= 0.6 is 11.6 Å². The average molecular weight is 297 g/mol. The molecule has 1 amide bonds. The Bertz CT molecular complexity index is 467. The summed E-state index contributed by atoms with van der Waals surface area (Å²) in [6, 6.07) is 7.71. The van der Waals surface area contributed by atoms with Crippen molar-refractivity contribution in [3.8, 4) is 5.75 Å². The van der Waals surface area contributed by atoms with E-state index in [0.29, 0.717) is 23.8 Å². The molecule has 0 unspecified atom stereocenters. The van der Waals surface area contributed by atoms with Gasteiger partial charge in [-0.05, 0) is 31.9 Å². The van der Waals surface area contributed by atoms with E-state index in [4.69, 9.17) is 22.1 Å². The van der Waals surface area contributed by atoms with Crippen molar-refractivity contribution in [3.05, 3.63) is 29.3 Å². The van der Waals surface area contributed by atoms with Crippen LogP contribution in [0.2, 0.25) is 5.02 Å². The van der Waals surface area contributed by atoms with Gasteiger partial charge in [-0.3, -0.25) is 4.79 Å². The van der Waals surface area contributed by atoms with Crippen molar-refractivity contribution in [2.45, 2.75) is 38.3 Å². The summed E-state index contributed by atoms with van der Waals surface area (Å²) >= 11 is 5.99. The van der Waals surface area contributed by atoms with Gasteiger partial charge < -0.3 is 15.4 Å². The second-order valence-corrected chi connectivity index (χ2v) is 5.66. The van der Waals surface area contributed by atoms with E-state index in [1.54, 1.807) is 12.1 Å². The number of hydrogen-bond acceptors (Lipinski definition) is 3. The van der Waals surface area contributed by atoms with Crippen LogP contribution in [-0.2, 0) is 4.79 Å². The Kier molecular flexibility index (Phi) is 5.26. The van der Waals surface area contributed by atoms with Crippen molar-refractivity contribution in [1.29, 1.82) is 0 Å². The number of benzene rings is 1. The zero-order chi connectivity index (χ0) is 14.5. The lowest BCUT2D eigenvalue weighted by molar-refractivity contribution is -0.135. The molecule has 1 aromatic rings. The van der Waals surface area contributed by atoms with Crippen LogP contribution in [0.15, 0.2) is 24.3 Å². The van der Waals surface area contributed by atoms with Gasteiger partial charge in [-0.1, -0.05) is 23.7 Å². The Balaban J connectivity index is 1.79. The maximum atomic E-state index is 12.2. The zero-order valence-corrected chi connectivity index (χ0v) is 12.5. The van der Waals surface area contributed by atoms with E-state index in [9.17, 15) is 4.79 Å². The third kappa shape index (κ3) is 3.87. The third-order valence-corrected chi connectivity index (χ3v) is 3.96. The number of carbonyl (C=O) groups excluding carboxylic acids is 1. The summed E-state index contributed by atoms with van der Waals surface area (Å²) < 4.78 is 5.55. The molecule has 2 atom stereocenters. The molecule has 1 aromatic carbocycles. The van der Waals surface area contributed by atoms with Gasteiger partial charge in [0.1, 0.15) is 5.75 Å². The summed E-state index contributed by atoms with van der Waals surface area (Å²) in [6.07, 6.45) is 2.11. The smallest absolute Gasteiger partial charge is 0.226 e. The van der Waals surface area contributed by atoms with Gasteiger partial charge in [0.15, 0.2) is 0 Å². The van der Waals surface area contributed by atoms with E-state index in [1.165, 1.54) is 0 Å². The minimum atomic E-state index is 0.122. The predicted octanol–water partition coefficient (Wildman–Crippen LogP) is 2.45. The number of rotatable bonds is 4. The normalized spacial score (nSPS) is 22.6. The first-order chi connectivity index (χ1) is 9.58. The van der Waals surface area contributed by atoms with Crippen molar-refractivity contribution in [2.75, 3.05) is 13.2 Å². The molecule has 1 aliphatic heterocycles. The van der Waals surface area contributed by atoms with Crippen molar-refractivity contribution in [2.24, 2.45) is 5.73 Å². The number of ether oxygens (including phenoxy) is 1. The lowest BCUT2D eigenvalue weighted by Crippen LogP contribution is -2.48. The maximum Gasteiger partial charge on any atom is 0.226 e. The first kappa shape index (κ1) is 15.1. The monoisotopic (exact) mass is 296 g/mol. The molecular weight excluding hydrogens is 276 g/mol. The van der Waals surface area contributed by atoms with Gasteiger partial charge in [0, 0.05) is 18.6 Å². The maximum absolute atomic E-state index is 12.2. The van der Waals surface area contributed by atoms with Crippen molar-refractivity contribution in [3.63, 3.8) is 0 Å². The number of piperidine rings is 1. The molecule has 2 N–H and O–H groups in total. The summed E-state index contributed by atoms with van der Waals surface area (Å²) in [5.41, 5.74) is 5.90. The summed E-state index contributed by atoms with van der Waals surface area (Å²) in [5, 5.41) is 0.567. The molecular formula is C15H21ClN2O2. The number of nitrogens with two attached hydrogens (primary N) is 1. The highest BCUT2D eigenvalue weighted by molar-refractivity contribution is 6.32. The van der Waals surface area contributed by atoms with E-state index in [2.05, 4.69) is 0 Å².